The molecule has 0 spiro atoms. The van der Waals surface area contributed by atoms with Gasteiger partial charge in [-0.05, 0) is 40.5 Å². The van der Waals surface area contributed by atoms with Gasteiger partial charge in [-0.25, -0.2) is 9.18 Å². The van der Waals surface area contributed by atoms with Crippen molar-refractivity contribution in [2.45, 2.75) is 13.0 Å². The maximum absolute atomic E-state index is 12.9. The van der Waals surface area contributed by atoms with Crippen molar-refractivity contribution >= 4 is 21.9 Å². The Labute approximate surface area is 95.5 Å². The molecule has 5 heteroatoms. The standard InChI is InChI=1S/C10H11BrFNO2/c1-2-15-10(14)9(13)6-3-4-8(12)7(11)5-6/h3-5,9H,2,13H2,1H3. The lowest BCUT2D eigenvalue weighted by molar-refractivity contribution is -0.144. The van der Waals surface area contributed by atoms with Gasteiger partial charge in [-0.15, -0.1) is 0 Å². The predicted octanol–water partition coefficient (Wildman–Crippen LogP) is 2.15. The molecule has 1 aromatic rings. The van der Waals surface area contributed by atoms with Crippen LogP contribution in [0.1, 0.15) is 18.5 Å². The lowest BCUT2D eigenvalue weighted by Crippen LogP contribution is -2.23. The summed E-state index contributed by atoms with van der Waals surface area (Å²) < 4.78 is 17.9. The number of esters is 1. The normalized spacial score (nSPS) is 12.3. The molecule has 1 rings (SSSR count). The van der Waals surface area contributed by atoms with Crippen molar-refractivity contribution in [2.24, 2.45) is 5.73 Å². The first-order chi connectivity index (χ1) is 7.06. The van der Waals surface area contributed by atoms with E-state index in [4.69, 9.17) is 10.5 Å². The van der Waals surface area contributed by atoms with E-state index in [0.717, 1.165) is 0 Å². The lowest BCUT2D eigenvalue weighted by atomic mass is 10.1. The number of carbonyl (C=O) groups is 1. The van der Waals surface area contributed by atoms with Crippen LogP contribution in [-0.4, -0.2) is 12.6 Å². The highest BCUT2D eigenvalue weighted by atomic mass is 79.9. The molecule has 0 aliphatic heterocycles. The number of nitrogens with two attached hydrogens (primary N) is 1. The van der Waals surface area contributed by atoms with Crippen molar-refractivity contribution < 1.29 is 13.9 Å². The Hall–Kier alpha value is -0.940. The van der Waals surface area contributed by atoms with E-state index in [1.165, 1.54) is 18.2 Å². The first-order valence-corrected chi connectivity index (χ1v) is 5.22. The second-order valence-corrected chi connectivity index (χ2v) is 3.76. The SMILES string of the molecule is CCOC(=O)C(N)c1ccc(F)c(Br)c1. The minimum absolute atomic E-state index is 0.273. The summed E-state index contributed by atoms with van der Waals surface area (Å²) in [6, 6.07) is 3.30. The average Bonchev–Trinajstić information content (AvgIpc) is 2.21. The van der Waals surface area contributed by atoms with Crippen LogP contribution in [0.3, 0.4) is 0 Å². The number of rotatable bonds is 3. The molecule has 0 radical (unpaired) electrons. The Morgan fingerprint density at radius 2 is 2.33 bits per heavy atom. The van der Waals surface area contributed by atoms with Gasteiger partial charge in [-0.1, -0.05) is 6.07 Å². The number of halogens is 2. The zero-order chi connectivity index (χ0) is 11.4. The van der Waals surface area contributed by atoms with Crippen LogP contribution >= 0.6 is 15.9 Å². The van der Waals surface area contributed by atoms with E-state index in [1.807, 2.05) is 0 Å². The zero-order valence-corrected chi connectivity index (χ0v) is 9.75. The number of hydrogen-bond acceptors (Lipinski definition) is 3. The van der Waals surface area contributed by atoms with E-state index < -0.39 is 17.8 Å². The fourth-order valence-electron chi connectivity index (χ4n) is 1.07. The van der Waals surface area contributed by atoms with Crippen LogP contribution in [0.15, 0.2) is 22.7 Å². The highest BCUT2D eigenvalue weighted by Gasteiger charge is 2.17. The Bertz CT molecular complexity index is 370. The molecule has 0 amide bonds. The Balaban J connectivity index is 2.86. The molecular formula is C10H11BrFNO2. The Kier molecular flexibility index (Phi) is 4.23. The Morgan fingerprint density at radius 1 is 1.67 bits per heavy atom. The monoisotopic (exact) mass is 275 g/mol. The number of benzene rings is 1. The second kappa shape index (κ2) is 5.23. The van der Waals surface area contributed by atoms with Crippen molar-refractivity contribution in [3.63, 3.8) is 0 Å². The molecule has 0 fully saturated rings. The van der Waals surface area contributed by atoms with Crippen LogP contribution in [0.2, 0.25) is 0 Å². The van der Waals surface area contributed by atoms with Crippen molar-refractivity contribution in [1.82, 2.24) is 0 Å². The molecule has 0 aromatic heterocycles. The maximum Gasteiger partial charge on any atom is 0.327 e. The Morgan fingerprint density at radius 3 is 2.87 bits per heavy atom. The molecule has 0 heterocycles. The predicted molar refractivity (Wildman–Crippen MR) is 57.7 cm³/mol. The van der Waals surface area contributed by atoms with Crippen molar-refractivity contribution in [2.75, 3.05) is 6.61 Å². The van der Waals surface area contributed by atoms with Crippen LogP contribution in [0.25, 0.3) is 0 Å². The van der Waals surface area contributed by atoms with E-state index in [-0.39, 0.29) is 11.1 Å². The van der Waals surface area contributed by atoms with Gasteiger partial charge >= 0.3 is 5.97 Å². The summed E-state index contributed by atoms with van der Waals surface area (Å²) in [6.45, 7) is 1.97. The highest BCUT2D eigenvalue weighted by molar-refractivity contribution is 9.10. The van der Waals surface area contributed by atoms with Gasteiger partial charge in [-0.3, -0.25) is 0 Å². The molecule has 82 valence electrons. The van der Waals surface area contributed by atoms with Gasteiger partial charge in [0, 0.05) is 0 Å². The van der Waals surface area contributed by atoms with E-state index in [1.54, 1.807) is 6.92 Å². The largest absolute Gasteiger partial charge is 0.465 e. The molecule has 0 aliphatic rings. The van der Waals surface area contributed by atoms with E-state index >= 15 is 0 Å². The molecule has 1 atom stereocenters. The van der Waals surface area contributed by atoms with Gasteiger partial charge < -0.3 is 10.5 Å². The summed E-state index contributed by atoms with van der Waals surface area (Å²) in [4.78, 5) is 11.3. The molecule has 3 nitrogen and oxygen atoms in total. The summed E-state index contributed by atoms with van der Waals surface area (Å²) in [5, 5.41) is 0. The number of carbonyl (C=O) groups excluding carboxylic acids is 1. The molecular weight excluding hydrogens is 265 g/mol. The van der Waals surface area contributed by atoms with Crippen LogP contribution in [-0.2, 0) is 9.53 Å². The third kappa shape index (κ3) is 3.00. The topological polar surface area (TPSA) is 52.3 Å². The van der Waals surface area contributed by atoms with E-state index in [9.17, 15) is 9.18 Å². The van der Waals surface area contributed by atoms with Crippen molar-refractivity contribution in [3.05, 3.63) is 34.1 Å². The fourth-order valence-corrected chi connectivity index (χ4v) is 1.47. The van der Waals surface area contributed by atoms with Gasteiger partial charge in [0.2, 0.25) is 0 Å². The molecule has 15 heavy (non-hydrogen) atoms. The smallest absolute Gasteiger partial charge is 0.327 e. The first kappa shape index (κ1) is 12.1. The van der Waals surface area contributed by atoms with Crippen molar-refractivity contribution in [3.8, 4) is 0 Å². The summed E-state index contributed by atoms with van der Waals surface area (Å²) in [7, 11) is 0. The third-order valence-corrected chi connectivity index (χ3v) is 2.45. The lowest BCUT2D eigenvalue weighted by Gasteiger charge is -2.11. The number of hydrogen-bond donors (Lipinski definition) is 1. The highest BCUT2D eigenvalue weighted by Crippen LogP contribution is 2.20. The van der Waals surface area contributed by atoms with Gasteiger partial charge in [0.05, 0.1) is 11.1 Å². The summed E-state index contributed by atoms with van der Waals surface area (Å²) >= 11 is 3.02. The van der Waals surface area contributed by atoms with Crippen molar-refractivity contribution in [1.29, 1.82) is 0 Å². The maximum atomic E-state index is 12.9. The first-order valence-electron chi connectivity index (χ1n) is 4.43. The van der Waals surface area contributed by atoms with E-state index in [0.29, 0.717) is 5.56 Å². The molecule has 1 aromatic carbocycles. The minimum Gasteiger partial charge on any atom is -0.465 e. The zero-order valence-electron chi connectivity index (χ0n) is 8.17. The van der Waals surface area contributed by atoms with Gasteiger partial charge in [-0.2, -0.15) is 0 Å². The van der Waals surface area contributed by atoms with Crippen LogP contribution in [0.4, 0.5) is 4.39 Å². The van der Waals surface area contributed by atoms with Gasteiger partial charge in [0.1, 0.15) is 11.9 Å². The molecule has 2 N–H and O–H groups in total. The fraction of sp³-hybridized carbons (Fsp3) is 0.300. The quantitative estimate of drug-likeness (QED) is 0.860. The average molecular weight is 276 g/mol. The van der Waals surface area contributed by atoms with Gasteiger partial charge in [0.25, 0.3) is 0 Å². The second-order valence-electron chi connectivity index (χ2n) is 2.90. The van der Waals surface area contributed by atoms with Crippen LogP contribution in [0, 0.1) is 5.82 Å². The molecule has 1 unspecified atom stereocenters. The molecule has 0 saturated heterocycles. The van der Waals surface area contributed by atoms with Gasteiger partial charge in [0.15, 0.2) is 0 Å². The van der Waals surface area contributed by atoms with Crippen LogP contribution < -0.4 is 5.73 Å². The summed E-state index contributed by atoms with van der Waals surface area (Å²) in [5.41, 5.74) is 6.14. The minimum atomic E-state index is -0.873. The summed E-state index contributed by atoms with van der Waals surface area (Å²) in [5.74, 6) is -0.911. The molecule has 0 bridgehead atoms. The number of ether oxygens (including phenoxy) is 1. The molecule has 0 saturated carbocycles. The third-order valence-electron chi connectivity index (χ3n) is 1.84. The summed E-state index contributed by atoms with van der Waals surface area (Å²) in [6.07, 6.45) is 0. The molecule has 0 aliphatic carbocycles. The van der Waals surface area contributed by atoms with Crippen LogP contribution in [0.5, 0.6) is 0 Å². The van der Waals surface area contributed by atoms with E-state index in [2.05, 4.69) is 15.9 Å².